The highest BCUT2D eigenvalue weighted by Gasteiger charge is 2.49. The first-order valence-corrected chi connectivity index (χ1v) is 12.6. The number of nitrogens with zero attached hydrogens (tertiary/aromatic N) is 3. The minimum absolute atomic E-state index is 0.210. The molecule has 4 aromatic rings. The van der Waals surface area contributed by atoms with Crippen LogP contribution >= 0.6 is 0 Å². The monoisotopic (exact) mass is 473 g/mol. The van der Waals surface area contributed by atoms with E-state index in [1.54, 1.807) is 0 Å². The number of hydrogen-bond donors (Lipinski definition) is 0. The maximum atomic E-state index is 6.39. The van der Waals surface area contributed by atoms with Crippen LogP contribution in [0.5, 0.6) is 0 Å². The van der Waals surface area contributed by atoms with Gasteiger partial charge in [-0.2, -0.15) is 0 Å². The minimum atomic E-state index is -0.395. The Kier molecular flexibility index (Phi) is 4.95. The van der Waals surface area contributed by atoms with Crippen molar-refractivity contribution in [2.24, 2.45) is 9.98 Å². The molecule has 0 aliphatic carbocycles. The van der Waals surface area contributed by atoms with Crippen LogP contribution in [0.15, 0.2) is 87.9 Å². The van der Waals surface area contributed by atoms with E-state index in [0.29, 0.717) is 12.1 Å². The number of benzene rings is 2. The Labute approximate surface area is 212 Å². The van der Waals surface area contributed by atoms with Gasteiger partial charge < -0.3 is 4.42 Å². The Bertz CT molecular complexity index is 1650. The van der Waals surface area contributed by atoms with E-state index in [4.69, 9.17) is 14.4 Å². The molecule has 180 valence electrons. The van der Waals surface area contributed by atoms with E-state index in [1.807, 2.05) is 19.1 Å². The van der Waals surface area contributed by atoms with E-state index in [0.717, 1.165) is 57.6 Å². The molecule has 0 radical (unpaired) electrons. The van der Waals surface area contributed by atoms with Crippen LogP contribution in [-0.2, 0) is 11.8 Å². The molecule has 2 aliphatic heterocycles. The van der Waals surface area contributed by atoms with Crippen LogP contribution in [0.4, 0.5) is 0 Å². The molecule has 2 aromatic carbocycles. The smallest absolute Gasteiger partial charge is 0.227 e. The van der Waals surface area contributed by atoms with Crippen molar-refractivity contribution in [3.05, 3.63) is 101 Å². The molecule has 4 heteroatoms. The molecule has 4 heterocycles. The third kappa shape index (κ3) is 3.17. The van der Waals surface area contributed by atoms with Crippen molar-refractivity contribution >= 4 is 33.5 Å². The predicted molar refractivity (Wildman–Crippen MR) is 149 cm³/mol. The Balaban J connectivity index is 1.58. The zero-order valence-corrected chi connectivity index (χ0v) is 21.5. The van der Waals surface area contributed by atoms with Crippen molar-refractivity contribution in [2.45, 2.75) is 57.9 Å². The Morgan fingerprint density at radius 1 is 1.00 bits per heavy atom. The molecule has 0 bridgehead atoms. The van der Waals surface area contributed by atoms with Crippen molar-refractivity contribution in [1.29, 1.82) is 0 Å². The van der Waals surface area contributed by atoms with Gasteiger partial charge in [-0.05, 0) is 62.9 Å². The molecule has 0 amide bonds. The number of hydrogen-bond acceptors (Lipinski definition) is 4. The van der Waals surface area contributed by atoms with Gasteiger partial charge in [0, 0.05) is 50.8 Å². The summed E-state index contributed by atoms with van der Waals surface area (Å²) in [6.45, 7) is 17.1. The normalized spacial score (nSPS) is 23.9. The lowest BCUT2D eigenvalue weighted by molar-refractivity contribution is 0.235. The molecule has 2 unspecified atom stereocenters. The van der Waals surface area contributed by atoms with E-state index >= 15 is 0 Å². The van der Waals surface area contributed by atoms with E-state index in [1.165, 1.54) is 16.7 Å². The third-order valence-corrected chi connectivity index (χ3v) is 8.41. The van der Waals surface area contributed by atoms with Crippen LogP contribution in [-0.4, -0.2) is 21.9 Å². The molecule has 0 fully saturated rings. The number of aryl methyl sites for hydroxylation is 2. The number of allylic oxidation sites excluding steroid dienone is 1. The standard InChI is InChI=1S/C32H31N3O/c1-7-27-25-10-8-9-11-26(25)31(5)17-16-22-13-15-23-24-14-12-19(2)34-30(24)36-29(23)28(22)21(4)33-20(3)18-32(31,6)35-27/h7-15H,1,3,16-18H2,2,4-6H3. The van der Waals surface area contributed by atoms with Gasteiger partial charge in [0.05, 0.1) is 11.3 Å². The van der Waals surface area contributed by atoms with Gasteiger partial charge in [0.25, 0.3) is 0 Å². The van der Waals surface area contributed by atoms with Gasteiger partial charge in [0.2, 0.25) is 5.71 Å². The number of aliphatic imine (C=N–C) groups is 2. The number of fused-ring (bicyclic) bond motifs is 8. The lowest BCUT2D eigenvalue weighted by Gasteiger charge is -2.49. The number of rotatable bonds is 1. The summed E-state index contributed by atoms with van der Waals surface area (Å²) in [6.07, 6.45) is 4.36. The highest BCUT2D eigenvalue weighted by atomic mass is 16.3. The molecule has 0 saturated heterocycles. The van der Waals surface area contributed by atoms with Crippen LogP contribution in [0, 0.1) is 6.92 Å². The highest BCUT2D eigenvalue weighted by molar-refractivity contribution is 6.15. The second-order valence-electron chi connectivity index (χ2n) is 10.7. The Hall–Kier alpha value is -3.79. The predicted octanol–water partition coefficient (Wildman–Crippen LogP) is 7.65. The van der Waals surface area contributed by atoms with Gasteiger partial charge in [-0.1, -0.05) is 56.5 Å². The molecule has 0 spiro atoms. The Morgan fingerprint density at radius 2 is 1.78 bits per heavy atom. The topological polar surface area (TPSA) is 50.8 Å². The average molecular weight is 474 g/mol. The van der Waals surface area contributed by atoms with Crippen molar-refractivity contribution in [1.82, 2.24) is 4.98 Å². The maximum absolute atomic E-state index is 6.39. The SMILES string of the molecule is C=CC1=NC2(C)CC(=C)N=C(C)c3c(ccc4c3oc3nc(C)ccc34)CCC2(C)c2ccccc21. The minimum Gasteiger partial charge on any atom is -0.437 e. The van der Waals surface area contributed by atoms with Gasteiger partial charge in [-0.3, -0.25) is 9.98 Å². The Morgan fingerprint density at radius 3 is 2.58 bits per heavy atom. The molecule has 0 saturated carbocycles. The van der Waals surface area contributed by atoms with E-state index in [9.17, 15) is 0 Å². The zero-order chi connectivity index (χ0) is 25.2. The van der Waals surface area contributed by atoms with Gasteiger partial charge in [0.15, 0.2) is 0 Å². The molecular weight excluding hydrogens is 442 g/mol. The van der Waals surface area contributed by atoms with Crippen LogP contribution < -0.4 is 0 Å². The van der Waals surface area contributed by atoms with Gasteiger partial charge >= 0.3 is 0 Å². The van der Waals surface area contributed by atoms with Gasteiger partial charge in [-0.25, -0.2) is 4.98 Å². The van der Waals surface area contributed by atoms with Crippen LogP contribution in [0.1, 0.15) is 61.6 Å². The first-order chi connectivity index (χ1) is 17.2. The first-order valence-electron chi connectivity index (χ1n) is 12.6. The van der Waals surface area contributed by atoms with Crippen LogP contribution in [0.3, 0.4) is 0 Å². The quantitative estimate of drug-likeness (QED) is 0.285. The lowest BCUT2D eigenvalue weighted by atomic mass is 9.60. The summed E-state index contributed by atoms with van der Waals surface area (Å²) in [5, 5.41) is 2.11. The second-order valence-corrected chi connectivity index (χ2v) is 10.7. The molecule has 2 atom stereocenters. The second kappa shape index (κ2) is 7.86. The van der Waals surface area contributed by atoms with E-state index in [2.05, 4.69) is 81.4 Å². The van der Waals surface area contributed by atoms with Crippen molar-refractivity contribution in [3.63, 3.8) is 0 Å². The molecule has 4 nitrogen and oxygen atoms in total. The summed E-state index contributed by atoms with van der Waals surface area (Å²) in [4.78, 5) is 15.0. The number of furan rings is 1. The van der Waals surface area contributed by atoms with Crippen molar-refractivity contribution < 1.29 is 4.42 Å². The molecule has 2 aromatic heterocycles. The van der Waals surface area contributed by atoms with Crippen molar-refractivity contribution in [3.8, 4) is 0 Å². The highest BCUT2D eigenvalue weighted by Crippen LogP contribution is 2.50. The summed E-state index contributed by atoms with van der Waals surface area (Å²) in [5.41, 5.74) is 9.35. The average Bonchev–Trinajstić information content (AvgIpc) is 3.21. The summed E-state index contributed by atoms with van der Waals surface area (Å²) >= 11 is 0. The van der Waals surface area contributed by atoms with Gasteiger partial charge in [-0.15, -0.1) is 0 Å². The molecule has 2 aliphatic rings. The van der Waals surface area contributed by atoms with Gasteiger partial charge in [0.1, 0.15) is 5.58 Å². The van der Waals surface area contributed by atoms with Crippen LogP contribution in [0.2, 0.25) is 0 Å². The van der Waals surface area contributed by atoms with Crippen LogP contribution in [0.25, 0.3) is 22.1 Å². The number of pyridine rings is 1. The third-order valence-electron chi connectivity index (χ3n) is 8.41. The fourth-order valence-electron chi connectivity index (χ4n) is 6.29. The summed E-state index contributed by atoms with van der Waals surface area (Å²) < 4.78 is 6.39. The molecule has 36 heavy (non-hydrogen) atoms. The largest absolute Gasteiger partial charge is 0.437 e. The zero-order valence-electron chi connectivity index (χ0n) is 21.5. The summed E-state index contributed by atoms with van der Waals surface area (Å²) in [5.74, 6) is 0. The molecule has 6 rings (SSSR count). The lowest BCUT2D eigenvalue weighted by Crippen LogP contribution is -2.50. The number of aromatic nitrogens is 1. The van der Waals surface area contributed by atoms with E-state index in [-0.39, 0.29) is 5.41 Å². The molecular formula is C32H31N3O. The molecule has 0 N–H and O–H groups in total. The summed E-state index contributed by atoms with van der Waals surface area (Å²) in [7, 11) is 0. The fourth-order valence-corrected chi connectivity index (χ4v) is 6.29. The van der Waals surface area contributed by atoms with E-state index < -0.39 is 5.54 Å². The van der Waals surface area contributed by atoms with Crippen molar-refractivity contribution in [2.75, 3.05) is 0 Å². The fraction of sp³-hybridized carbons (Fsp3) is 0.281. The summed E-state index contributed by atoms with van der Waals surface area (Å²) in [6, 6.07) is 17.2. The first kappa shape index (κ1) is 22.7. The maximum Gasteiger partial charge on any atom is 0.227 e.